The monoisotopic (exact) mass is 289 g/mol. The molecule has 0 aliphatic carbocycles. The number of aromatic nitrogens is 1. The molecule has 1 saturated heterocycles. The van der Waals surface area contributed by atoms with Gasteiger partial charge in [0, 0.05) is 43.5 Å². The first kappa shape index (κ1) is 15.5. The van der Waals surface area contributed by atoms with Crippen molar-refractivity contribution >= 4 is 11.8 Å². The molecular formula is C16H23N3O2. The predicted octanol–water partition coefficient (Wildman–Crippen LogP) is 1.85. The summed E-state index contributed by atoms with van der Waals surface area (Å²) < 4.78 is 0. The van der Waals surface area contributed by atoms with E-state index in [-0.39, 0.29) is 17.9 Å². The quantitative estimate of drug-likeness (QED) is 0.920. The van der Waals surface area contributed by atoms with Crippen molar-refractivity contribution in [3.8, 4) is 0 Å². The summed E-state index contributed by atoms with van der Waals surface area (Å²) in [6.07, 6.45) is 5.47. The van der Waals surface area contributed by atoms with Crippen molar-refractivity contribution in [1.29, 1.82) is 0 Å². The van der Waals surface area contributed by atoms with Gasteiger partial charge in [0.15, 0.2) is 0 Å². The lowest BCUT2D eigenvalue weighted by Crippen LogP contribution is -2.46. The number of rotatable bonds is 4. The zero-order chi connectivity index (χ0) is 15.2. The molecule has 2 amide bonds. The second kappa shape index (κ2) is 7.20. The molecule has 5 nitrogen and oxygen atoms in total. The third-order valence-electron chi connectivity index (χ3n) is 3.67. The Bertz CT molecular complexity index is 480. The minimum absolute atomic E-state index is 0.0457. The molecule has 0 spiro atoms. The molecule has 1 fully saturated rings. The van der Waals surface area contributed by atoms with Crippen LogP contribution in [-0.2, 0) is 4.79 Å². The maximum absolute atomic E-state index is 12.3. The van der Waals surface area contributed by atoms with Crippen molar-refractivity contribution in [3.05, 3.63) is 30.1 Å². The number of carbonyl (C=O) groups is 2. The van der Waals surface area contributed by atoms with E-state index in [9.17, 15) is 9.59 Å². The summed E-state index contributed by atoms with van der Waals surface area (Å²) in [6, 6.07) is 3.66. The highest BCUT2D eigenvalue weighted by atomic mass is 16.2. The van der Waals surface area contributed by atoms with Crippen LogP contribution < -0.4 is 5.32 Å². The second-order valence-electron chi connectivity index (χ2n) is 5.97. The van der Waals surface area contributed by atoms with E-state index in [0.717, 1.165) is 12.8 Å². The normalized spacial score (nSPS) is 16.0. The van der Waals surface area contributed by atoms with Crippen LogP contribution in [0.25, 0.3) is 0 Å². The van der Waals surface area contributed by atoms with Gasteiger partial charge in [0.25, 0.3) is 5.91 Å². The van der Waals surface area contributed by atoms with Crippen LogP contribution in [0.15, 0.2) is 24.5 Å². The average molecular weight is 289 g/mol. The lowest BCUT2D eigenvalue weighted by atomic mass is 10.0. The largest absolute Gasteiger partial charge is 0.353 e. The Labute approximate surface area is 125 Å². The minimum Gasteiger partial charge on any atom is -0.353 e. The van der Waals surface area contributed by atoms with Gasteiger partial charge in [-0.15, -0.1) is 0 Å². The lowest BCUT2D eigenvalue weighted by molar-refractivity contribution is -0.122. The van der Waals surface area contributed by atoms with Crippen molar-refractivity contribution in [2.45, 2.75) is 39.2 Å². The molecular weight excluding hydrogens is 266 g/mol. The fraction of sp³-hybridized carbons (Fsp3) is 0.562. The molecule has 0 radical (unpaired) electrons. The van der Waals surface area contributed by atoms with Gasteiger partial charge >= 0.3 is 0 Å². The Morgan fingerprint density at radius 3 is 2.48 bits per heavy atom. The number of hydrogen-bond acceptors (Lipinski definition) is 3. The SMILES string of the molecule is CC(C)CC(=O)NC1CCN(C(=O)c2ccncc2)CC1. The van der Waals surface area contributed by atoms with Gasteiger partial charge in [-0.3, -0.25) is 14.6 Å². The van der Waals surface area contributed by atoms with Gasteiger partial charge < -0.3 is 10.2 Å². The van der Waals surface area contributed by atoms with Crippen LogP contribution in [-0.4, -0.2) is 40.8 Å². The lowest BCUT2D eigenvalue weighted by Gasteiger charge is -2.32. The van der Waals surface area contributed by atoms with E-state index >= 15 is 0 Å². The third kappa shape index (κ3) is 4.55. The molecule has 21 heavy (non-hydrogen) atoms. The van der Waals surface area contributed by atoms with Gasteiger partial charge in [-0.25, -0.2) is 0 Å². The Kier molecular flexibility index (Phi) is 5.31. The summed E-state index contributed by atoms with van der Waals surface area (Å²) in [7, 11) is 0. The highest BCUT2D eigenvalue weighted by Gasteiger charge is 2.24. The summed E-state index contributed by atoms with van der Waals surface area (Å²) in [4.78, 5) is 29.8. The first-order chi connectivity index (χ1) is 10.1. The highest BCUT2D eigenvalue weighted by molar-refractivity contribution is 5.94. The molecule has 1 aliphatic rings. The molecule has 0 atom stereocenters. The van der Waals surface area contributed by atoms with Crippen molar-refractivity contribution < 1.29 is 9.59 Å². The summed E-state index contributed by atoms with van der Waals surface area (Å²) in [5, 5.41) is 3.06. The zero-order valence-electron chi connectivity index (χ0n) is 12.7. The molecule has 0 aromatic carbocycles. The molecule has 1 N–H and O–H groups in total. The Morgan fingerprint density at radius 1 is 1.29 bits per heavy atom. The Balaban J connectivity index is 1.81. The number of pyridine rings is 1. The van der Waals surface area contributed by atoms with Gasteiger partial charge in [0.2, 0.25) is 5.91 Å². The third-order valence-corrected chi connectivity index (χ3v) is 3.67. The summed E-state index contributed by atoms with van der Waals surface area (Å²) >= 11 is 0. The fourth-order valence-corrected chi connectivity index (χ4v) is 2.56. The fourth-order valence-electron chi connectivity index (χ4n) is 2.56. The molecule has 2 heterocycles. The van der Waals surface area contributed by atoms with Crippen LogP contribution in [0.2, 0.25) is 0 Å². The number of amides is 2. The summed E-state index contributed by atoms with van der Waals surface area (Å²) in [5.41, 5.74) is 0.673. The number of carbonyl (C=O) groups excluding carboxylic acids is 2. The van der Waals surface area contributed by atoms with E-state index < -0.39 is 0 Å². The average Bonchev–Trinajstić information content (AvgIpc) is 2.47. The molecule has 5 heteroatoms. The van der Waals surface area contributed by atoms with E-state index in [1.54, 1.807) is 24.5 Å². The molecule has 2 rings (SSSR count). The van der Waals surface area contributed by atoms with Crippen LogP contribution in [0.4, 0.5) is 0 Å². The zero-order valence-corrected chi connectivity index (χ0v) is 12.7. The van der Waals surface area contributed by atoms with Crippen LogP contribution in [0, 0.1) is 5.92 Å². The van der Waals surface area contributed by atoms with E-state index in [4.69, 9.17) is 0 Å². The predicted molar refractivity (Wildman–Crippen MR) is 80.8 cm³/mol. The van der Waals surface area contributed by atoms with Crippen molar-refractivity contribution in [2.75, 3.05) is 13.1 Å². The van der Waals surface area contributed by atoms with Gasteiger partial charge in [-0.2, -0.15) is 0 Å². The van der Waals surface area contributed by atoms with Gasteiger partial charge in [0.1, 0.15) is 0 Å². The number of hydrogen-bond donors (Lipinski definition) is 1. The second-order valence-corrected chi connectivity index (χ2v) is 5.97. The van der Waals surface area contributed by atoms with Crippen molar-refractivity contribution in [2.24, 2.45) is 5.92 Å². The molecule has 0 unspecified atom stereocenters. The molecule has 0 bridgehead atoms. The Hall–Kier alpha value is -1.91. The first-order valence-electron chi connectivity index (χ1n) is 7.55. The van der Waals surface area contributed by atoms with E-state index in [0.29, 0.717) is 31.0 Å². The number of nitrogens with one attached hydrogen (secondary N) is 1. The van der Waals surface area contributed by atoms with Crippen LogP contribution >= 0.6 is 0 Å². The molecule has 1 aliphatic heterocycles. The van der Waals surface area contributed by atoms with Crippen molar-refractivity contribution in [3.63, 3.8) is 0 Å². The minimum atomic E-state index is 0.0457. The smallest absolute Gasteiger partial charge is 0.253 e. The van der Waals surface area contributed by atoms with Gasteiger partial charge in [0.05, 0.1) is 0 Å². The van der Waals surface area contributed by atoms with Crippen molar-refractivity contribution in [1.82, 2.24) is 15.2 Å². The molecule has 114 valence electrons. The maximum atomic E-state index is 12.3. The molecule has 1 aromatic heterocycles. The van der Waals surface area contributed by atoms with Crippen LogP contribution in [0.3, 0.4) is 0 Å². The van der Waals surface area contributed by atoms with E-state index in [1.165, 1.54) is 0 Å². The Morgan fingerprint density at radius 2 is 1.90 bits per heavy atom. The van der Waals surface area contributed by atoms with E-state index in [2.05, 4.69) is 10.3 Å². The first-order valence-corrected chi connectivity index (χ1v) is 7.55. The molecule has 0 saturated carbocycles. The maximum Gasteiger partial charge on any atom is 0.253 e. The number of piperidine rings is 1. The number of nitrogens with zero attached hydrogens (tertiary/aromatic N) is 2. The van der Waals surface area contributed by atoms with Gasteiger partial charge in [-0.1, -0.05) is 13.8 Å². The topological polar surface area (TPSA) is 62.3 Å². The number of likely N-dealkylation sites (tertiary alicyclic amines) is 1. The standard InChI is InChI=1S/C16H23N3O2/c1-12(2)11-15(20)18-14-5-9-19(10-6-14)16(21)13-3-7-17-8-4-13/h3-4,7-8,12,14H,5-6,9-11H2,1-2H3,(H,18,20). The van der Waals surface area contributed by atoms with Crippen LogP contribution in [0.5, 0.6) is 0 Å². The van der Waals surface area contributed by atoms with E-state index in [1.807, 2.05) is 18.7 Å². The van der Waals surface area contributed by atoms with Gasteiger partial charge in [-0.05, 0) is 30.9 Å². The summed E-state index contributed by atoms with van der Waals surface area (Å²) in [6.45, 7) is 5.45. The van der Waals surface area contributed by atoms with Crippen LogP contribution in [0.1, 0.15) is 43.5 Å². The summed E-state index contributed by atoms with van der Waals surface area (Å²) in [5.74, 6) is 0.534. The molecule has 1 aromatic rings. The highest BCUT2D eigenvalue weighted by Crippen LogP contribution is 2.14.